The third kappa shape index (κ3) is 4.21. The molecule has 146 valence electrons. The molecule has 2 aromatic heterocycles. The lowest BCUT2D eigenvalue weighted by molar-refractivity contribution is 0.287. The fraction of sp³-hybridized carbons (Fsp3) is 0.632. The van der Waals surface area contributed by atoms with Crippen LogP contribution in [0, 0.1) is 6.92 Å². The van der Waals surface area contributed by atoms with Gasteiger partial charge >= 0.3 is 6.01 Å². The van der Waals surface area contributed by atoms with Gasteiger partial charge in [-0.05, 0) is 31.5 Å². The van der Waals surface area contributed by atoms with Crippen molar-refractivity contribution in [2.24, 2.45) is 0 Å². The lowest BCUT2D eigenvalue weighted by Gasteiger charge is -2.27. The predicted octanol–water partition coefficient (Wildman–Crippen LogP) is 2.42. The Labute approximate surface area is 159 Å². The number of alkyl halides is 1. The van der Waals surface area contributed by atoms with Crippen molar-refractivity contribution < 1.29 is 8.81 Å². The van der Waals surface area contributed by atoms with Gasteiger partial charge in [0.15, 0.2) is 0 Å². The maximum Gasteiger partial charge on any atom is 0.318 e. The quantitative estimate of drug-likeness (QED) is 0.769. The van der Waals surface area contributed by atoms with Crippen molar-refractivity contribution in [3.05, 3.63) is 29.8 Å². The van der Waals surface area contributed by atoms with E-state index in [1.807, 2.05) is 11.1 Å². The molecule has 2 atom stereocenters. The van der Waals surface area contributed by atoms with E-state index in [1.165, 1.54) is 12.8 Å². The maximum atomic E-state index is 14.0. The Morgan fingerprint density at radius 2 is 2.07 bits per heavy atom. The van der Waals surface area contributed by atoms with Crippen LogP contribution in [-0.4, -0.2) is 65.5 Å². The average molecular weight is 374 g/mol. The highest BCUT2D eigenvalue weighted by Crippen LogP contribution is 2.27. The van der Waals surface area contributed by atoms with Gasteiger partial charge in [-0.25, -0.2) is 9.37 Å². The first-order valence-corrected chi connectivity index (χ1v) is 9.68. The number of aryl methyl sites for hydroxylation is 1. The molecule has 27 heavy (non-hydrogen) atoms. The number of nitrogens with zero attached hydrogens (tertiary/aromatic N) is 6. The zero-order valence-electron chi connectivity index (χ0n) is 16.0. The van der Waals surface area contributed by atoms with Gasteiger partial charge in [-0.3, -0.25) is 0 Å². The van der Waals surface area contributed by atoms with Crippen LogP contribution in [0.15, 0.2) is 22.7 Å². The lowest BCUT2D eigenvalue weighted by Crippen LogP contribution is -2.39. The summed E-state index contributed by atoms with van der Waals surface area (Å²) in [7, 11) is 2.05. The van der Waals surface area contributed by atoms with Gasteiger partial charge in [0.2, 0.25) is 5.89 Å². The summed E-state index contributed by atoms with van der Waals surface area (Å²) in [6.45, 7) is 5.77. The number of likely N-dealkylation sites (N-methyl/N-ethyl adjacent to an activating group) is 1. The van der Waals surface area contributed by atoms with Crippen molar-refractivity contribution in [3.63, 3.8) is 0 Å². The molecule has 0 spiro atoms. The highest BCUT2D eigenvalue weighted by Gasteiger charge is 2.35. The van der Waals surface area contributed by atoms with Crippen LogP contribution in [0.25, 0.3) is 0 Å². The molecular formula is C19H27FN6O. The van der Waals surface area contributed by atoms with Gasteiger partial charge < -0.3 is 19.1 Å². The monoisotopic (exact) mass is 374 g/mol. The molecule has 0 N–H and O–H groups in total. The van der Waals surface area contributed by atoms with Crippen molar-refractivity contribution >= 4 is 11.8 Å². The normalized spacial score (nSPS) is 23.0. The molecule has 8 heteroatoms. The fourth-order valence-electron chi connectivity index (χ4n) is 4.05. The summed E-state index contributed by atoms with van der Waals surface area (Å²) < 4.78 is 19.5. The van der Waals surface area contributed by atoms with Crippen LogP contribution in [0.5, 0.6) is 0 Å². The van der Waals surface area contributed by atoms with Gasteiger partial charge in [-0.15, -0.1) is 5.10 Å². The highest BCUT2D eigenvalue weighted by atomic mass is 19.1. The van der Waals surface area contributed by atoms with Gasteiger partial charge in [-0.1, -0.05) is 11.2 Å². The molecule has 2 aromatic rings. The summed E-state index contributed by atoms with van der Waals surface area (Å²) in [5.41, 5.74) is 1.16. The van der Waals surface area contributed by atoms with E-state index in [1.54, 1.807) is 6.92 Å². The number of hydrogen-bond donors (Lipinski definition) is 0. The molecule has 2 fully saturated rings. The van der Waals surface area contributed by atoms with Crippen LogP contribution < -0.4 is 9.80 Å². The van der Waals surface area contributed by atoms with Gasteiger partial charge in [0.1, 0.15) is 12.0 Å². The number of halogens is 1. The Hall–Kier alpha value is -2.22. The molecule has 4 heterocycles. The molecule has 0 unspecified atom stereocenters. The second kappa shape index (κ2) is 7.80. The first-order chi connectivity index (χ1) is 13.1. The van der Waals surface area contributed by atoms with E-state index >= 15 is 0 Å². The summed E-state index contributed by atoms with van der Waals surface area (Å²) in [5.74, 6) is 1.57. The van der Waals surface area contributed by atoms with Crippen LogP contribution >= 0.6 is 0 Å². The SMILES string of the molecule is Cc1nnc(N2C[C@@H](F)C[C@H]2CN(C)Cc2ccc(N3CCCC3)nc2)o1. The van der Waals surface area contributed by atoms with E-state index < -0.39 is 6.17 Å². The van der Waals surface area contributed by atoms with Crippen LogP contribution in [-0.2, 0) is 6.54 Å². The van der Waals surface area contributed by atoms with Crippen molar-refractivity contribution in [2.75, 3.05) is 43.0 Å². The summed E-state index contributed by atoms with van der Waals surface area (Å²) >= 11 is 0. The van der Waals surface area contributed by atoms with E-state index in [0.717, 1.165) is 37.6 Å². The molecular weight excluding hydrogens is 347 g/mol. The lowest BCUT2D eigenvalue weighted by atomic mass is 10.2. The van der Waals surface area contributed by atoms with E-state index in [4.69, 9.17) is 4.42 Å². The Kier molecular flexibility index (Phi) is 5.24. The van der Waals surface area contributed by atoms with Crippen molar-refractivity contribution in [1.82, 2.24) is 20.1 Å². The zero-order chi connectivity index (χ0) is 18.8. The minimum absolute atomic E-state index is 0.0293. The maximum absolute atomic E-state index is 14.0. The molecule has 0 radical (unpaired) electrons. The van der Waals surface area contributed by atoms with E-state index in [-0.39, 0.29) is 6.04 Å². The number of anilines is 2. The molecule has 0 aliphatic carbocycles. The third-order valence-electron chi connectivity index (χ3n) is 5.34. The Morgan fingerprint density at radius 3 is 2.74 bits per heavy atom. The number of hydrogen-bond acceptors (Lipinski definition) is 7. The minimum atomic E-state index is -0.864. The molecule has 2 aliphatic rings. The second-order valence-corrected chi connectivity index (χ2v) is 7.66. The largest absolute Gasteiger partial charge is 0.408 e. The van der Waals surface area contributed by atoms with Gasteiger partial charge in [0.05, 0.1) is 6.54 Å². The highest BCUT2D eigenvalue weighted by molar-refractivity contribution is 5.40. The first kappa shape index (κ1) is 18.2. The second-order valence-electron chi connectivity index (χ2n) is 7.66. The number of aromatic nitrogens is 3. The van der Waals surface area contributed by atoms with Crippen LogP contribution in [0.3, 0.4) is 0 Å². The van der Waals surface area contributed by atoms with Crippen LogP contribution in [0.2, 0.25) is 0 Å². The molecule has 2 aliphatic heterocycles. The molecule has 0 bridgehead atoms. The number of pyridine rings is 1. The Balaban J connectivity index is 1.36. The molecule has 4 rings (SSSR count). The van der Waals surface area contributed by atoms with E-state index in [2.05, 4.69) is 44.2 Å². The summed E-state index contributed by atoms with van der Waals surface area (Å²) in [6, 6.07) is 4.70. The van der Waals surface area contributed by atoms with Crippen LogP contribution in [0.1, 0.15) is 30.7 Å². The number of rotatable bonds is 6. The van der Waals surface area contributed by atoms with E-state index in [9.17, 15) is 4.39 Å². The standard InChI is InChI=1S/C19H27FN6O/c1-14-22-23-19(27-14)26-12-16(20)9-17(26)13-24(2)11-15-5-6-18(21-10-15)25-7-3-4-8-25/h5-6,10,16-17H,3-4,7-9,11-13H2,1-2H3/t16-,17-/m0/s1. The summed E-state index contributed by atoms with van der Waals surface area (Å²) in [5, 5.41) is 7.93. The Morgan fingerprint density at radius 1 is 1.26 bits per heavy atom. The fourth-order valence-corrected chi connectivity index (χ4v) is 4.05. The molecule has 7 nitrogen and oxygen atoms in total. The molecule has 0 saturated carbocycles. The average Bonchev–Trinajstić information content (AvgIpc) is 3.37. The zero-order valence-corrected chi connectivity index (χ0v) is 16.0. The summed E-state index contributed by atoms with van der Waals surface area (Å²) in [6.07, 6.45) is 4.07. The topological polar surface area (TPSA) is 61.5 Å². The molecule has 0 aromatic carbocycles. The third-order valence-corrected chi connectivity index (χ3v) is 5.34. The van der Waals surface area contributed by atoms with Gasteiger partial charge in [0, 0.05) is 51.8 Å². The smallest absolute Gasteiger partial charge is 0.318 e. The van der Waals surface area contributed by atoms with Crippen molar-refractivity contribution in [2.45, 2.75) is 44.9 Å². The minimum Gasteiger partial charge on any atom is -0.408 e. The molecule has 0 amide bonds. The van der Waals surface area contributed by atoms with Crippen LogP contribution in [0.4, 0.5) is 16.2 Å². The van der Waals surface area contributed by atoms with Gasteiger partial charge in [0.25, 0.3) is 0 Å². The Bertz CT molecular complexity index is 745. The molecule has 2 saturated heterocycles. The van der Waals surface area contributed by atoms with Crippen molar-refractivity contribution in [3.8, 4) is 0 Å². The van der Waals surface area contributed by atoms with E-state index in [0.29, 0.717) is 24.9 Å². The summed E-state index contributed by atoms with van der Waals surface area (Å²) in [4.78, 5) is 11.0. The van der Waals surface area contributed by atoms with Crippen molar-refractivity contribution in [1.29, 1.82) is 0 Å². The first-order valence-electron chi connectivity index (χ1n) is 9.68. The predicted molar refractivity (Wildman–Crippen MR) is 102 cm³/mol. The van der Waals surface area contributed by atoms with Gasteiger partial charge in [-0.2, -0.15) is 0 Å².